The summed E-state index contributed by atoms with van der Waals surface area (Å²) in [6, 6.07) is 0.514. The van der Waals surface area contributed by atoms with Crippen LogP contribution in [0, 0.1) is 23.7 Å². The summed E-state index contributed by atoms with van der Waals surface area (Å²) in [4.78, 5) is 15.4. The van der Waals surface area contributed by atoms with E-state index in [0.717, 1.165) is 49.6 Å². The van der Waals surface area contributed by atoms with E-state index in [9.17, 15) is 4.79 Å². The van der Waals surface area contributed by atoms with Gasteiger partial charge in [-0.3, -0.25) is 9.69 Å². The molecule has 5 rings (SSSR count). The van der Waals surface area contributed by atoms with Gasteiger partial charge in [0.2, 0.25) is 5.91 Å². The van der Waals surface area contributed by atoms with Gasteiger partial charge in [-0.2, -0.15) is 0 Å². The van der Waals surface area contributed by atoms with Crippen molar-refractivity contribution < 1.29 is 9.53 Å². The van der Waals surface area contributed by atoms with Gasteiger partial charge in [0.1, 0.15) is 0 Å². The molecule has 4 aliphatic carbocycles. The molecule has 5 aliphatic rings. The molecule has 1 saturated heterocycles. The maximum Gasteiger partial charge on any atom is 0.237 e. The number of likely N-dealkylation sites (tertiary alicyclic amines) is 1. The zero-order chi connectivity index (χ0) is 16.9. The minimum absolute atomic E-state index is 0.0524. The molecule has 1 aliphatic heterocycles. The standard InChI is InChI=1S/C20H34N2O2/c1-20(2,24-3)12-22-6-4-5-17(22)19(23)21-18-15-8-13-7-14(10-15)11-16(18)9-13/h13-18H,4-12H2,1-3H3,(H,21,23)/t13?,14?,15?,16?,17-,18?/m1/s1. The Labute approximate surface area is 146 Å². The van der Waals surface area contributed by atoms with Gasteiger partial charge in [-0.1, -0.05) is 0 Å². The first kappa shape index (κ1) is 16.8. The number of carbonyl (C=O) groups is 1. The Morgan fingerprint density at radius 3 is 2.33 bits per heavy atom. The summed E-state index contributed by atoms with van der Waals surface area (Å²) in [5, 5.41) is 3.52. The van der Waals surface area contributed by atoms with Crippen LogP contribution in [0.5, 0.6) is 0 Å². The number of nitrogens with one attached hydrogen (secondary N) is 1. The molecule has 0 aromatic carbocycles. The van der Waals surface area contributed by atoms with E-state index in [1.807, 2.05) is 0 Å². The van der Waals surface area contributed by atoms with Crippen molar-refractivity contribution in [1.82, 2.24) is 10.2 Å². The van der Waals surface area contributed by atoms with E-state index in [2.05, 4.69) is 24.1 Å². The fourth-order valence-electron chi connectivity index (χ4n) is 6.29. The monoisotopic (exact) mass is 334 g/mol. The van der Waals surface area contributed by atoms with Gasteiger partial charge in [-0.05, 0) is 89.0 Å². The Hall–Kier alpha value is -0.610. The Balaban J connectivity index is 1.39. The summed E-state index contributed by atoms with van der Waals surface area (Å²) < 4.78 is 5.58. The van der Waals surface area contributed by atoms with E-state index in [0.29, 0.717) is 6.04 Å². The number of rotatable bonds is 5. The molecule has 4 saturated carbocycles. The van der Waals surface area contributed by atoms with E-state index in [1.165, 1.54) is 32.1 Å². The normalized spacial score (nSPS) is 41.8. The van der Waals surface area contributed by atoms with Gasteiger partial charge in [-0.25, -0.2) is 0 Å². The third-order valence-electron chi connectivity index (χ3n) is 7.34. The van der Waals surface area contributed by atoms with Crippen molar-refractivity contribution in [2.45, 2.75) is 76.5 Å². The number of amides is 1. The summed E-state index contributed by atoms with van der Waals surface area (Å²) in [6.07, 6.45) is 9.05. The predicted molar refractivity (Wildman–Crippen MR) is 94.7 cm³/mol. The van der Waals surface area contributed by atoms with Crippen LogP contribution in [0.1, 0.15) is 58.8 Å². The zero-order valence-corrected chi connectivity index (χ0v) is 15.6. The molecule has 0 aromatic heterocycles. The summed E-state index contributed by atoms with van der Waals surface area (Å²) in [6.45, 7) is 6.08. The van der Waals surface area contributed by atoms with Crippen LogP contribution in [0.4, 0.5) is 0 Å². The zero-order valence-electron chi connectivity index (χ0n) is 15.6. The smallest absolute Gasteiger partial charge is 0.237 e. The van der Waals surface area contributed by atoms with Crippen LogP contribution in [0.15, 0.2) is 0 Å². The van der Waals surface area contributed by atoms with Crippen molar-refractivity contribution in [2.75, 3.05) is 20.2 Å². The Morgan fingerprint density at radius 2 is 1.75 bits per heavy atom. The maximum absolute atomic E-state index is 13.0. The maximum atomic E-state index is 13.0. The molecule has 1 heterocycles. The Bertz CT molecular complexity index is 462. The lowest BCUT2D eigenvalue weighted by atomic mass is 9.54. The third-order valence-corrected chi connectivity index (χ3v) is 7.34. The van der Waals surface area contributed by atoms with Crippen molar-refractivity contribution >= 4 is 5.91 Å². The number of ether oxygens (including phenoxy) is 1. The molecule has 1 amide bonds. The van der Waals surface area contributed by atoms with E-state index < -0.39 is 0 Å². The van der Waals surface area contributed by atoms with Crippen molar-refractivity contribution in [1.29, 1.82) is 0 Å². The molecular formula is C20H34N2O2. The average Bonchev–Trinajstić information content (AvgIpc) is 2.97. The van der Waals surface area contributed by atoms with Gasteiger partial charge in [0, 0.05) is 19.7 Å². The van der Waals surface area contributed by atoms with Crippen molar-refractivity contribution in [2.24, 2.45) is 23.7 Å². The van der Waals surface area contributed by atoms with Crippen LogP contribution in [-0.4, -0.2) is 48.7 Å². The molecule has 1 atom stereocenters. The van der Waals surface area contributed by atoms with Gasteiger partial charge in [-0.15, -0.1) is 0 Å². The number of carbonyl (C=O) groups excluding carboxylic acids is 1. The van der Waals surface area contributed by atoms with Gasteiger partial charge in [0.05, 0.1) is 11.6 Å². The van der Waals surface area contributed by atoms with Gasteiger partial charge in [0.15, 0.2) is 0 Å². The van der Waals surface area contributed by atoms with Crippen LogP contribution in [-0.2, 0) is 9.53 Å². The molecule has 1 N–H and O–H groups in total. The molecule has 136 valence electrons. The van der Waals surface area contributed by atoms with Crippen molar-refractivity contribution in [3.8, 4) is 0 Å². The lowest BCUT2D eigenvalue weighted by molar-refractivity contribution is -0.130. The fourth-order valence-corrected chi connectivity index (χ4v) is 6.29. The number of methoxy groups -OCH3 is 1. The van der Waals surface area contributed by atoms with E-state index >= 15 is 0 Å². The van der Waals surface area contributed by atoms with Crippen molar-refractivity contribution in [3.05, 3.63) is 0 Å². The highest BCUT2D eigenvalue weighted by Gasteiger charge is 2.49. The second-order valence-electron chi connectivity index (χ2n) is 9.56. The average molecular weight is 335 g/mol. The predicted octanol–water partition coefficient (Wildman–Crippen LogP) is 2.82. The SMILES string of the molecule is COC(C)(C)CN1CCC[C@@H]1C(=O)NC1C2CC3CC(C2)CC1C3. The largest absolute Gasteiger partial charge is 0.377 e. The quantitative estimate of drug-likeness (QED) is 0.840. The molecule has 4 bridgehead atoms. The molecular weight excluding hydrogens is 300 g/mol. The van der Waals surface area contributed by atoms with Gasteiger partial charge >= 0.3 is 0 Å². The molecule has 4 heteroatoms. The summed E-state index contributed by atoms with van der Waals surface area (Å²) in [7, 11) is 1.76. The molecule has 0 aromatic rings. The van der Waals surface area contributed by atoms with Crippen LogP contribution in [0.2, 0.25) is 0 Å². The van der Waals surface area contributed by atoms with E-state index in [1.54, 1.807) is 7.11 Å². The second-order valence-corrected chi connectivity index (χ2v) is 9.56. The molecule has 0 spiro atoms. The van der Waals surface area contributed by atoms with Crippen LogP contribution < -0.4 is 5.32 Å². The Morgan fingerprint density at radius 1 is 1.12 bits per heavy atom. The second kappa shape index (κ2) is 6.28. The lowest BCUT2D eigenvalue weighted by Crippen LogP contribution is -2.58. The first-order chi connectivity index (χ1) is 11.4. The van der Waals surface area contributed by atoms with Gasteiger partial charge < -0.3 is 10.1 Å². The summed E-state index contributed by atoms with van der Waals surface area (Å²) in [5.41, 5.74) is -0.189. The summed E-state index contributed by atoms with van der Waals surface area (Å²) in [5.74, 6) is 3.74. The number of hydrogen-bond donors (Lipinski definition) is 1. The van der Waals surface area contributed by atoms with Crippen LogP contribution >= 0.6 is 0 Å². The topological polar surface area (TPSA) is 41.6 Å². The molecule has 0 radical (unpaired) electrons. The molecule has 24 heavy (non-hydrogen) atoms. The van der Waals surface area contributed by atoms with E-state index in [-0.39, 0.29) is 17.6 Å². The van der Waals surface area contributed by atoms with Crippen molar-refractivity contribution in [3.63, 3.8) is 0 Å². The molecule has 4 nitrogen and oxygen atoms in total. The highest BCUT2D eigenvalue weighted by molar-refractivity contribution is 5.82. The molecule has 0 unspecified atom stereocenters. The van der Waals surface area contributed by atoms with Gasteiger partial charge in [0.25, 0.3) is 0 Å². The fraction of sp³-hybridized carbons (Fsp3) is 0.950. The minimum Gasteiger partial charge on any atom is -0.377 e. The Kier molecular flexibility index (Phi) is 4.41. The lowest BCUT2D eigenvalue weighted by Gasteiger charge is -2.54. The minimum atomic E-state index is -0.189. The number of nitrogens with zero attached hydrogens (tertiary/aromatic N) is 1. The number of hydrogen-bond acceptors (Lipinski definition) is 3. The first-order valence-electron chi connectivity index (χ1n) is 10.0. The highest BCUT2D eigenvalue weighted by Crippen LogP contribution is 2.53. The first-order valence-corrected chi connectivity index (χ1v) is 10.0. The van der Waals surface area contributed by atoms with Crippen LogP contribution in [0.3, 0.4) is 0 Å². The third kappa shape index (κ3) is 3.12. The van der Waals surface area contributed by atoms with E-state index in [4.69, 9.17) is 4.74 Å². The highest BCUT2D eigenvalue weighted by atomic mass is 16.5. The summed E-state index contributed by atoms with van der Waals surface area (Å²) >= 11 is 0. The molecule has 5 fully saturated rings. The van der Waals surface area contributed by atoms with Crippen LogP contribution in [0.25, 0.3) is 0 Å².